The Morgan fingerprint density at radius 2 is 1.95 bits per heavy atom. The van der Waals surface area contributed by atoms with Gasteiger partial charge < -0.3 is 5.11 Å². The van der Waals surface area contributed by atoms with Gasteiger partial charge in [-0.25, -0.2) is 17.9 Å². The summed E-state index contributed by atoms with van der Waals surface area (Å²) >= 11 is 0. The molecule has 2 rings (SSSR count). The molecule has 8 heteroatoms. The number of carboxylic acid groups (broad SMARTS) is 1. The molecule has 2 aromatic rings. The molecule has 0 radical (unpaired) electrons. The molecule has 19 heavy (non-hydrogen) atoms. The number of aromatic carboxylic acids is 1. The molecule has 1 aromatic carbocycles. The molecule has 0 unspecified atom stereocenters. The van der Waals surface area contributed by atoms with Crippen LogP contribution in [0.2, 0.25) is 0 Å². The lowest BCUT2D eigenvalue weighted by Gasteiger charge is -2.07. The van der Waals surface area contributed by atoms with Crippen molar-refractivity contribution < 1.29 is 18.3 Å². The Morgan fingerprint density at radius 1 is 1.32 bits per heavy atom. The molecule has 100 valence electrons. The average molecular weight is 281 g/mol. The van der Waals surface area contributed by atoms with Gasteiger partial charge in [0.25, 0.3) is 0 Å². The second kappa shape index (κ2) is 4.73. The highest BCUT2D eigenvalue weighted by Crippen LogP contribution is 2.18. The molecule has 0 fully saturated rings. The summed E-state index contributed by atoms with van der Waals surface area (Å²) in [5.41, 5.74) is 0.316. The van der Waals surface area contributed by atoms with Gasteiger partial charge in [0.05, 0.1) is 11.9 Å². The summed E-state index contributed by atoms with van der Waals surface area (Å²) in [5.74, 6) is -1.16. The molecule has 0 aliphatic carbocycles. The highest BCUT2D eigenvalue weighted by molar-refractivity contribution is 7.92. The first-order valence-corrected chi connectivity index (χ1v) is 7.12. The standard InChI is InChI=1S/C11H11N3O4S/c1-19(17,18)13-10-7-9(11(15)16)12-14(10)8-5-3-2-4-6-8/h2-7,13H,1H3,(H,15,16). The number of sulfonamides is 1. The molecule has 0 spiro atoms. The van der Waals surface area contributed by atoms with Crippen LogP contribution in [0.1, 0.15) is 10.5 Å². The Hall–Kier alpha value is -2.35. The zero-order valence-corrected chi connectivity index (χ0v) is 10.8. The maximum atomic E-state index is 11.3. The van der Waals surface area contributed by atoms with Crippen molar-refractivity contribution >= 4 is 21.8 Å². The number of anilines is 1. The molecule has 0 aliphatic heterocycles. The summed E-state index contributed by atoms with van der Waals surface area (Å²) in [7, 11) is -3.52. The summed E-state index contributed by atoms with van der Waals surface area (Å²) in [6.45, 7) is 0. The number of rotatable bonds is 4. The number of aromatic nitrogens is 2. The van der Waals surface area contributed by atoms with E-state index in [0.29, 0.717) is 5.69 Å². The largest absolute Gasteiger partial charge is 0.476 e. The van der Waals surface area contributed by atoms with E-state index in [-0.39, 0.29) is 11.5 Å². The number of carbonyl (C=O) groups is 1. The molecule has 0 amide bonds. The minimum Gasteiger partial charge on any atom is -0.476 e. The van der Waals surface area contributed by atoms with Crippen LogP contribution in [-0.2, 0) is 10.0 Å². The minimum atomic E-state index is -3.52. The normalized spacial score (nSPS) is 11.2. The van der Waals surface area contributed by atoms with Gasteiger partial charge in [0, 0.05) is 6.07 Å². The van der Waals surface area contributed by atoms with E-state index < -0.39 is 16.0 Å². The lowest BCUT2D eigenvalue weighted by atomic mass is 10.3. The third-order valence-corrected chi connectivity index (χ3v) is 2.80. The maximum absolute atomic E-state index is 11.3. The molecular weight excluding hydrogens is 270 g/mol. The van der Waals surface area contributed by atoms with Crippen molar-refractivity contribution in [2.24, 2.45) is 0 Å². The first kappa shape index (κ1) is 13.1. The zero-order valence-electron chi connectivity index (χ0n) is 9.94. The Kier molecular flexibility index (Phi) is 3.26. The Balaban J connectivity index is 2.55. The topological polar surface area (TPSA) is 101 Å². The number of hydrogen-bond acceptors (Lipinski definition) is 4. The molecule has 0 bridgehead atoms. The van der Waals surface area contributed by atoms with Gasteiger partial charge in [0.1, 0.15) is 5.82 Å². The molecule has 0 aliphatic rings. The fourth-order valence-electron chi connectivity index (χ4n) is 1.51. The smallest absolute Gasteiger partial charge is 0.356 e. The van der Waals surface area contributed by atoms with Crippen molar-refractivity contribution in [3.63, 3.8) is 0 Å². The maximum Gasteiger partial charge on any atom is 0.356 e. The van der Waals surface area contributed by atoms with Gasteiger partial charge in [-0.2, -0.15) is 5.10 Å². The third kappa shape index (κ3) is 3.10. The van der Waals surface area contributed by atoms with Gasteiger partial charge in [0.2, 0.25) is 10.0 Å². The fraction of sp³-hybridized carbons (Fsp3) is 0.0909. The number of nitrogens with zero attached hydrogens (tertiary/aromatic N) is 2. The van der Waals surface area contributed by atoms with Gasteiger partial charge in [-0.1, -0.05) is 18.2 Å². The number of benzene rings is 1. The van der Waals surface area contributed by atoms with E-state index in [4.69, 9.17) is 5.11 Å². The van der Waals surface area contributed by atoms with Gasteiger partial charge >= 0.3 is 5.97 Å². The van der Waals surface area contributed by atoms with Crippen molar-refractivity contribution in [1.82, 2.24) is 9.78 Å². The molecule has 2 N–H and O–H groups in total. The van der Waals surface area contributed by atoms with E-state index in [9.17, 15) is 13.2 Å². The van der Waals surface area contributed by atoms with Crippen molar-refractivity contribution in [3.05, 3.63) is 42.1 Å². The molecule has 0 saturated carbocycles. The van der Waals surface area contributed by atoms with Crippen LogP contribution < -0.4 is 4.72 Å². The van der Waals surface area contributed by atoms with E-state index in [1.54, 1.807) is 30.3 Å². The van der Waals surface area contributed by atoms with Crippen molar-refractivity contribution in [1.29, 1.82) is 0 Å². The number of nitrogens with one attached hydrogen (secondary N) is 1. The monoisotopic (exact) mass is 281 g/mol. The lowest BCUT2D eigenvalue weighted by molar-refractivity contribution is 0.0690. The molecule has 7 nitrogen and oxygen atoms in total. The second-order valence-electron chi connectivity index (χ2n) is 3.84. The Labute approximate surface area is 109 Å². The predicted molar refractivity (Wildman–Crippen MR) is 69.0 cm³/mol. The summed E-state index contributed by atoms with van der Waals surface area (Å²) in [6.07, 6.45) is 0.982. The number of hydrogen-bond donors (Lipinski definition) is 2. The first-order chi connectivity index (χ1) is 8.87. The van der Waals surface area contributed by atoms with Crippen LogP contribution >= 0.6 is 0 Å². The second-order valence-corrected chi connectivity index (χ2v) is 5.59. The van der Waals surface area contributed by atoms with Crippen LogP contribution in [0.25, 0.3) is 5.69 Å². The summed E-state index contributed by atoms with van der Waals surface area (Å²) in [6, 6.07) is 9.80. The van der Waals surface area contributed by atoms with Crippen LogP contribution in [0.3, 0.4) is 0 Å². The first-order valence-electron chi connectivity index (χ1n) is 5.23. The van der Waals surface area contributed by atoms with Crippen molar-refractivity contribution in [2.45, 2.75) is 0 Å². The lowest BCUT2D eigenvalue weighted by Crippen LogP contribution is -2.13. The highest BCUT2D eigenvalue weighted by atomic mass is 32.2. The van der Waals surface area contributed by atoms with Gasteiger partial charge in [0.15, 0.2) is 5.69 Å². The summed E-state index contributed by atoms with van der Waals surface area (Å²) in [5, 5.41) is 12.8. The van der Waals surface area contributed by atoms with Crippen LogP contribution in [0.4, 0.5) is 5.82 Å². The summed E-state index contributed by atoms with van der Waals surface area (Å²) in [4.78, 5) is 10.9. The van der Waals surface area contributed by atoms with Gasteiger partial charge in [-0.05, 0) is 12.1 Å². The Morgan fingerprint density at radius 3 is 2.47 bits per heavy atom. The van der Waals surface area contributed by atoms with Crippen LogP contribution in [0.5, 0.6) is 0 Å². The van der Waals surface area contributed by atoms with Crippen LogP contribution in [0, 0.1) is 0 Å². The van der Waals surface area contributed by atoms with E-state index in [2.05, 4.69) is 9.82 Å². The van der Waals surface area contributed by atoms with Crippen LogP contribution in [-0.4, -0.2) is 35.5 Å². The summed E-state index contributed by atoms with van der Waals surface area (Å²) < 4.78 is 26.0. The Bertz CT molecular complexity index is 707. The van der Waals surface area contributed by atoms with E-state index in [1.165, 1.54) is 4.68 Å². The third-order valence-electron chi connectivity index (χ3n) is 2.22. The average Bonchev–Trinajstić information content (AvgIpc) is 2.72. The van der Waals surface area contributed by atoms with E-state index in [0.717, 1.165) is 12.3 Å². The van der Waals surface area contributed by atoms with Crippen molar-refractivity contribution in [3.8, 4) is 5.69 Å². The quantitative estimate of drug-likeness (QED) is 0.868. The molecule has 1 aromatic heterocycles. The fourth-order valence-corrected chi connectivity index (χ4v) is 2.04. The van der Waals surface area contributed by atoms with Crippen LogP contribution in [0.15, 0.2) is 36.4 Å². The molecule has 0 atom stereocenters. The number of para-hydroxylation sites is 1. The molecular formula is C11H11N3O4S. The molecule has 0 saturated heterocycles. The predicted octanol–water partition coefficient (Wildman–Crippen LogP) is 0.942. The highest BCUT2D eigenvalue weighted by Gasteiger charge is 2.16. The van der Waals surface area contributed by atoms with E-state index >= 15 is 0 Å². The zero-order chi connectivity index (χ0) is 14.0. The number of carboxylic acids is 1. The van der Waals surface area contributed by atoms with Gasteiger partial charge in [-0.3, -0.25) is 4.72 Å². The van der Waals surface area contributed by atoms with E-state index in [1.807, 2.05) is 0 Å². The molecule has 1 heterocycles. The minimum absolute atomic E-state index is 0.0751. The van der Waals surface area contributed by atoms with Crippen molar-refractivity contribution in [2.75, 3.05) is 11.0 Å². The SMILES string of the molecule is CS(=O)(=O)Nc1cc(C(=O)O)nn1-c1ccccc1. The van der Waals surface area contributed by atoms with Gasteiger partial charge in [-0.15, -0.1) is 0 Å².